The van der Waals surface area contributed by atoms with E-state index in [0.717, 1.165) is 43.9 Å². The van der Waals surface area contributed by atoms with Gasteiger partial charge < -0.3 is 9.88 Å². The molecule has 0 aliphatic carbocycles. The first-order valence-electron chi connectivity index (χ1n) is 9.27. The van der Waals surface area contributed by atoms with E-state index in [2.05, 4.69) is 19.9 Å². The van der Waals surface area contributed by atoms with Gasteiger partial charge in [0, 0.05) is 50.7 Å². The van der Waals surface area contributed by atoms with Gasteiger partial charge in [-0.05, 0) is 18.6 Å². The van der Waals surface area contributed by atoms with Crippen molar-refractivity contribution in [3.63, 3.8) is 0 Å². The van der Waals surface area contributed by atoms with Gasteiger partial charge in [0.25, 0.3) is 5.56 Å². The highest BCUT2D eigenvalue weighted by Gasteiger charge is 2.21. The molecule has 0 spiro atoms. The molecule has 144 valence electrons. The Bertz CT molecular complexity index is 803. The summed E-state index contributed by atoms with van der Waals surface area (Å²) in [6.07, 6.45) is 3.51. The Morgan fingerprint density at radius 1 is 1.22 bits per heavy atom. The lowest BCUT2D eigenvalue weighted by Crippen LogP contribution is -2.48. The van der Waals surface area contributed by atoms with Crippen LogP contribution >= 0.6 is 11.8 Å². The van der Waals surface area contributed by atoms with Gasteiger partial charge in [0.15, 0.2) is 5.16 Å². The number of carbonyl (C=O) groups is 1. The minimum Gasteiger partial charge on any atom is -0.339 e. The van der Waals surface area contributed by atoms with Crippen molar-refractivity contribution in [3.8, 4) is 0 Å². The summed E-state index contributed by atoms with van der Waals surface area (Å²) in [5, 5.41) is 0.521. The minimum absolute atomic E-state index is 0.0843. The molecule has 27 heavy (non-hydrogen) atoms. The van der Waals surface area contributed by atoms with Gasteiger partial charge in [-0.25, -0.2) is 4.98 Å². The van der Waals surface area contributed by atoms with Crippen molar-refractivity contribution in [2.75, 3.05) is 31.9 Å². The van der Waals surface area contributed by atoms with Crippen LogP contribution in [0.1, 0.15) is 24.7 Å². The van der Waals surface area contributed by atoms with Crippen molar-refractivity contribution in [1.82, 2.24) is 24.8 Å². The van der Waals surface area contributed by atoms with E-state index in [1.54, 1.807) is 6.20 Å². The Balaban J connectivity index is 1.46. The number of rotatable bonds is 7. The lowest BCUT2D eigenvalue weighted by molar-refractivity contribution is -0.130. The first-order chi connectivity index (χ1) is 13.1. The summed E-state index contributed by atoms with van der Waals surface area (Å²) in [5.41, 5.74) is 1.67. The van der Waals surface area contributed by atoms with Crippen molar-refractivity contribution in [3.05, 3.63) is 52.2 Å². The first-order valence-corrected chi connectivity index (χ1v) is 10.3. The van der Waals surface area contributed by atoms with E-state index in [0.29, 0.717) is 24.0 Å². The third kappa shape index (κ3) is 5.90. The monoisotopic (exact) mass is 387 g/mol. The Morgan fingerprint density at radius 2 is 2.04 bits per heavy atom. The average molecular weight is 388 g/mol. The topological polar surface area (TPSA) is 82.2 Å². The second-order valence-electron chi connectivity index (χ2n) is 6.56. The largest absolute Gasteiger partial charge is 0.339 e. The smallest absolute Gasteiger partial charge is 0.251 e. The molecular formula is C19H25N5O2S. The van der Waals surface area contributed by atoms with Gasteiger partial charge in [0.1, 0.15) is 0 Å². The fourth-order valence-electron chi connectivity index (χ4n) is 3.03. The van der Waals surface area contributed by atoms with Gasteiger partial charge in [0.2, 0.25) is 5.91 Å². The minimum atomic E-state index is -0.161. The average Bonchev–Trinajstić information content (AvgIpc) is 2.67. The zero-order valence-electron chi connectivity index (χ0n) is 15.6. The van der Waals surface area contributed by atoms with Crippen LogP contribution in [-0.2, 0) is 17.8 Å². The second-order valence-corrected chi connectivity index (χ2v) is 7.52. The quantitative estimate of drug-likeness (QED) is 0.573. The summed E-state index contributed by atoms with van der Waals surface area (Å²) < 4.78 is 0. The molecule has 7 nitrogen and oxygen atoms in total. The SMILES string of the molecule is CCCc1cc(=O)[nH]c(SCC(=O)N2CCN(Cc3ccccn3)CC2)n1. The molecule has 8 heteroatoms. The first kappa shape index (κ1) is 19.6. The molecule has 2 aromatic heterocycles. The van der Waals surface area contributed by atoms with Gasteiger partial charge in [-0.1, -0.05) is 31.2 Å². The number of amides is 1. The molecule has 1 N–H and O–H groups in total. The van der Waals surface area contributed by atoms with Crippen LogP contribution in [-0.4, -0.2) is 62.6 Å². The number of hydrogen-bond acceptors (Lipinski definition) is 6. The number of aromatic amines is 1. The molecule has 0 bridgehead atoms. The van der Waals surface area contributed by atoms with E-state index >= 15 is 0 Å². The van der Waals surface area contributed by atoms with Crippen LogP contribution in [0.3, 0.4) is 0 Å². The van der Waals surface area contributed by atoms with E-state index < -0.39 is 0 Å². The lowest BCUT2D eigenvalue weighted by Gasteiger charge is -2.34. The molecule has 0 unspecified atom stereocenters. The predicted octanol–water partition coefficient (Wildman–Crippen LogP) is 1.55. The van der Waals surface area contributed by atoms with Crippen molar-refractivity contribution in [2.24, 2.45) is 0 Å². The molecule has 0 saturated carbocycles. The highest BCUT2D eigenvalue weighted by atomic mass is 32.2. The standard InChI is InChI=1S/C19H25N5O2S/c1-2-5-15-12-17(25)22-19(21-15)27-14-18(26)24-10-8-23(9-11-24)13-16-6-3-4-7-20-16/h3-4,6-7,12H,2,5,8-11,13-14H2,1H3,(H,21,22,25). The van der Waals surface area contributed by atoms with Crippen LogP contribution in [0.25, 0.3) is 0 Å². The molecule has 1 aliphatic heterocycles. The number of H-pyrrole nitrogens is 1. The zero-order valence-corrected chi connectivity index (χ0v) is 16.4. The predicted molar refractivity (Wildman–Crippen MR) is 106 cm³/mol. The number of aryl methyl sites for hydroxylation is 1. The molecule has 3 rings (SSSR count). The molecule has 0 atom stereocenters. The fraction of sp³-hybridized carbons (Fsp3) is 0.474. The number of carbonyl (C=O) groups excluding carboxylic acids is 1. The van der Waals surface area contributed by atoms with E-state index in [9.17, 15) is 9.59 Å². The fourth-order valence-corrected chi connectivity index (χ4v) is 3.83. The maximum atomic E-state index is 12.5. The van der Waals surface area contributed by atoms with E-state index in [1.807, 2.05) is 30.0 Å². The maximum absolute atomic E-state index is 12.5. The molecular weight excluding hydrogens is 362 g/mol. The van der Waals surface area contributed by atoms with Crippen LogP contribution in [0.2, 0.25) is 0 Å². The van der Waals surface area contributed by atoms with E-state index in [-0.39, 0.29) is 11.5 Å². The van der Waals surface area contributed by atoms with E-state index in [4.69, 9.17) is 0 Å². The number of piperazine rings is 1. The second kappa shape index (κ2) is 9.66. The highest BCUT2D eigenvalue weighted by molar-refractivity contribution is 7.99. The van der Waals surface area contributed by atoms with Crippen LogP contribution in [0.15, 0.2) is 40.4 Å². The number of pyridine rings is 1. The molecule has 1 fully saturated rings. The summed E-state index contributed by atoms with van der Waals surface area (Å²) in [6.45, 7) is 5.97. The number of nitrogens with zero attached hydrogens (tertiary/aromatic N) is 4. The Kier molecular flexibility index (Phi) is 7.00. The maximum Gasteiger partial charge on any atom is 0.251 e. The molecule has 0 aromatic carbocycles. The Hall–Kier alpha value is -2.19. The summed E-state index contributed by atoms with van der Waals surface area (Å²) in [6, 6.07) is 7.45. The van der Waals surface area contributed by atoms with Crippen molar-refractivity contribution in [2.45, 2.75) is 31.5 Å². The van der Waals surface area contributed by atoms with Crippen molar-refractivity contribution < 1.29 is 4.79 Å². The van der Waals surface area contributed by atoms with Crippen molar-refractivity contribution >= 4 is 17.7 Å². The molecule has 3 heterocycles. The zero-order chi connectivity index (χ0) is 19.1. The van der Waals surface area contributed by atoms with Gasteiger partial charge in [-0.2, -0.15) is 0 Å². The highest BCUT2D eigenvalue weighted by Crippen LogP contribution is 2.14. The lowest BCUT2D eigenvalue weighted by atomic mass is 10.2. The van der Waals surface area contributed by atoms with Gasteiger partial charge in [-0.15, -0.1) is 0 Å². The van der Waals surface area contributed by atoms with Gasteiger partial charge in [-0.3, -0.25) is 19.5 Å². The number of hydrogen-bond donors (Lipinski definition) is 1. The van der Waals surface area contributed by atoms with E-state index in [1.165, 1.54) is 17.8 Å². The van der Waals surface area contributed by atoms with Crippen LogP contribution < -0.4 is 5.56 Å². The molecule has 0 radical (unpaired) electrons. The van der Waals surface area contributed by atoms with Crippen LogP contribution in [0.5, 0.6) is 0 Å². The summed E-state index contributed by atoms with van der Waals surface area (Å²) in [5.74, 6) is 0.375. The molecule has 2 aromatic rings. The normalized spacial score (nSPS) is 15.1. The summed E-state index contributed by atoms with van der Waals surface area (Å²) in [4.78, 5) is 39.9. The van der Waals surface area contributed by atoms with Gasteiger partial charge in [0.05, 0.1) is 11.4 Å². The number of thioether (sulfide) groups is 1. The van der Waals surface area contributed by atoms with Crippen molar-refractivity contribution in [1.29, 1.82) is 0 Å². The number of nitrogens with one attached hydrogen (secondary N) is 1. The summed E-state index contributed by atoms with van der Waals surface area (Å²) >= 11 is 1.30. The molecule has 1 aliphatic rings. The molecule has 1 amide bonds. The third-order valence-electron chi connectivity index (χ3n) is 4.45. The third-order valence-corrected chi connectivity index (χ3v) is 5.31. The summed E-state index contributed by atoms with van der Waals surface area (Å²) in [7, 11) is 0. The Morgan fingerprint density at radius 3 is 2.74 bits per heavy atom. The van der Waals surface area contributed by atoms with Crippen LogP contribution in [0, 0.1) is 0 Å². The molecule has 1 saturated heterocycles. The number of aromatic nitrogens is 3. The van der Waals surface area contributed by atoms with Crippen LogP contribution in [0.4, 0.5) is 0 Å². The van der Waals surface area contributed by atoms with Gasteiger partial charge >= 0.3 is 0 Å². The Labute approximate surface area is 163 Å².